The lowest BCUT2D eigenvalue weighted by Gasteiger charge is -2.51. The number of likely N-dealkylation sites (N-methyl/N-ethyl adjacent to an activating group) is 1. The summed E-state index contributed by atoms with van der Waals surface area (Å²) in [6, 6.07) is 9.06. The average Bonchev–Trinajstić information content (AvgIpc) is 3.12. The van der Waals surface area contributed by atoms with E-state index in [2.05, 4.69) is 32.2 Å². The van der Waals surface area contributed by atoms with Crippen LogP contribution in [0.2, 0.25) is 0 Å². The summed E-state index contributed by atoms with van der Waals surface area (Å²) >= 11 is 0. The molecule has 0 radical (unpaired) electrons. The second-order valence-electron chi connectivity index (χ2n) is 8.12. The van der Waals surface area contributed by atoms with Crippen LogP contribution >= 0.6 is 0 Å². The van der Waals surface area contributed by atoms with Gasteiger partial charge in [0, 0.05) is 17.9 Å². The summed E-state index contributed by atoms with van der Waals surface area (Å²) in [5, 5.41) is 0. The third-order valence-corrected chi connectivity index (χ3v) is 6.68. The van der Waals surface area contributed by atoms with Crippen LogP contribution in [0.4, 0.5) is 0 Å². The summed E-state index contributed by atoms with van der Waals surface area (Å²) in [4.78, 5) is 0. The molecule has 0 aromatic heterocycles. The SMILES string of the molecule is COc1ccc2c(c1OC)C[N@@+]1(C)CCc3cc4c(cc3[C@@H]1[C@@H]2C)OCO4.[Cl-]. The molecule has 0 fully saturated rings. The van der Waals surface area contributed by atoms with Crippen molar-refractivity contribution in [3.63, 3.8) is 0 Å². The zero-order valence-electron chi connectivity index (χ0n) is 16.8. The summed E-state index contributed by atoms with van der Waals surface area (Å²) in [5.74, 6) is 3.84. The van der Waals surface area contributed by atoms with E-state index < -0.39 is 0 Å². The van der Waals surface area contributed by atoms with Crippen molar-refractivity contribution in [2.24, 2.45) is 0 Å². The molecule has 2 aromatic rings. The third-order valence-electron chi connectivity index (χ3n) is 6.68. The van der Waals surface area contributed by atoms with Gasteiger partial charge in [0.2, 0.25) is 6.79 Å². The first-order chi connectivity index (χ1) is 13.1. The van der Waals surface area contributed by atoms with E-state index in [0.29, 0.717) is 18.8 Å². The van der Waals surface area contributed by atoms with E-state index in [1.54, 1.807) is 14.2 Å². The highest BCUT2D eigenvalue weighted by Gasteiger charge is 2.48. The molecule has 0 bridgehead atoms. The first-order valence-electron chi connectivity index (χ1n) is 9.56. The summed E-state index contributed by atoms with van der Waals surface area (Å²) in [5.41, 5.74) is 5.45. The van der Waals surface area contributed by atoms with Crippen LogP contribution in [0.15, 0.2) is 24.3 Å². The molecule has 0 unspecified atom stereocenters. The van der Waals surface area contributed by atoms with E-state index in [1.807, 2.05) is 6.07 Å². The molecule has 3 atom stereocenters. The Morgan fingerprint density at radius 3 is 2.50 bits per heavy atom. The van der Waals surface area contributed by atoms with Gasteiger partial charge in [-0.3, -0.25) is 0 Å². The monoisotopic (exact) mass is 403 g/mol. The van der Waals surface area contributed by atoms with Gasteiger partial charge in [-0.15, -0.1) is 0 Å². The standard InChI is InChI=1S/C22H26NO4.ClH/c1-13-15-5-6-18(24-3)22(25-4)17(15)11-23(2)8-7-14-9-19-20(27-12-26-19)10-16(14)21(13)23;/h5-6,9-10,13,21H,7-8,11-12H2,1-4H3;1H/q+1;/p-1/t13-,21+,23-;/m1./s1. The number of hydrogen-bond acceptors (Lipinski definition) is 4. The Bertz CT molecular complexity index is 931. The summed E-state index contributed by atoms with van der Waals surface area (Å²) in [7, 11) is 5.81. The summed E-state index contributed by atoms with van der Waals surface area (Å²) < 4.78 is 23.6. The Hall–Kier alpha value is -2.11. The minimum atomic E-state index is 0. The molecule has 2 aromatic carbocycles. The highest BCUT2D eigenvalue weighted by Crippen LogP contribution is 2.54. The Morgan fingerprint density at radius 1 is 1.04 bits per heavy atom. The summed E-state index contributed by atoms with van der Waals surface area (Å²) in [6.07, 6.45) is 1.05. The van der Waals surface area contributed by atoms with Crippen molar-refractivity contribution in [3.05, 3.63) is 46.5 Å². The largest absolute Gasteiger partial charge is 1.00 e. The number of benzene rings is 2. The van der Waals surface area contributed by atoms with Crippen LogP contribution in [0.25, 0.3) is 0 Å². The molecule has 0 saturated carbocycles. The highest BCUT2D eigenvalue weighted by atomic mass is 35.5. The minimum Gasteiger partial charge on any atom is -1.00 e. The second kappa shape index (κ2) is 6.75. The molecule has 3 aliphatic heterocycles. The Morgan fingerprint density at radius 2 is 1.79 bits per heavy atom. The van der Waals surface area contributed by atoms with Crippen molar-refractivity contribution >= 4 is 0 Å². The van der Waals surface area contributed by atoms with Gasteiger partial charge in [-0.2, -0.15) is 0 Å². The molecule has 3 heterocycles. The van der Waals surface area contributed by atoms with Gasteiger partial charge < -0.3 is 35.8 Å². The van der Waals surface area contributed by atoms with Crippen LogP contribution in [0.1, 0.15) is 41.1 Å². The molecular formula is C22H26ClNO4. The fraction of sp³-hybridized carbons (Fsp3) is 0.455. The van der Waals surface area contributed by atoms with E-state index in [1.165, 1.54) is 22.3 Å². The van der Waals surface area contributed by atoms with Crippen LogP contribution in [0.3, 0.4) is 0 Å². The van der Waals surface area contributed by atoms with E-state index in [9.17, 15) is 0 Å². The van der Waals surface area contributed by atoms with E-state index >= 15 is 0 Å². The Kier molecular flexibility index (Phi) is 4.63. The van der Waals surface area contributed by atoms with Gasteiger partial charge >= 0.3 is 0 Å². The van der Waals surface area contributed by atoms with Gasteiger partial charge in [0.05, 0.1) is 33.4 Å². The predicted octanol–water partition coefficient (Wildman–Crippen LogP) is 0.798. The Balaban J connectivity index is 0.00000192. The van der Waals surface area contributed by atoms with Gasteiger partial charge in [-0.05, 0) is 29.3 Å². The smallest absolute Gasteiger partial charge is 0.231 e. The lowest BCUT2D eigenvalue weighted by molar-refractivity contribution is -0.957. The molecule has 5 nitrogen and oxygen atoms in total. The van der Waals surface area contributed by atoms with Crippen molar-refractivity contribution in [2.45, 2.75) is 31.8 Å². The number of rotatable bonds is 2. The zero-order valence-corrected chi connectivity index (χ0v) is 17.5. The number of methoxy groups -OCH3 is 2. The summed E-state index contributed by atoms with van der Waals surface area (Å²) in [6.45, 7) is 4.70. The minimum absolute atomic E-state index is 0. The van der Waals surface area contributed by atoms with E-state index in [4.69, 9.17) is 18.9 Å². The quantitative estimate of drug-likeness (QED) is 0.695. The van der Waals surface area contributed by atoms with Crippen molar-refractivity contribution in [1.29, 1.82) is 0 Å². The lowest BCUT2D eigenvalue weighted by Crippen LogP contribution is -3.00. The van der Waals surface area contributed by atoms with Crippen LogP contribution < -0.4 is 31.4 Å². The van der Waals surface area contributed by atoms with Gasteiger partial charge in [-0.25, -0.2) is 0 Å². The van der Waals surface area contributed by atoms with Crippen molar-refractivity contribution < 1.29 is 35.8 Å². The molecule has 6 heteroatoms. The third kappa shape index (κ3) is 2.56. The number of halogens is 1. The first-order valence-corrected chi connectivity index (χ1v) is 9.56. The van der Waals surface area contributed by atoms with Gasteiger partial charge in [0.1, 0.15) is 12.6 Å². The second-order valence-corrected chi connectivity index (χ2v) is 8.12. The zero-order chi connectivity index (χ0) is 18.8. The first kappa shape index (κ1) is 19.2. The molecule has 0 amide bonds. The van der Waals surface area contributed by atoms with E-state index in [-0.39, 0.29) is 12.4 Å². The van der Waals surface area contributed by atoms with Gasteiger partial charge in [-0.1, -0.05) is 13.0 Å². The van der Waals surface area contributed by atoms with Crippen molar-refractivity contribution in [1.82, 2.24) is 0 Å². The molecule has 150 valence electrons. The molecular weight excluding hydrogens is 378 g/mol. The van der Waals surface area contributed by atoms with Crippen LogP contribution in [0, 0.1) is 0 Å². The topological polar surface area (TPSA) is 36.9 Å². The highest BCUT2D eigenvalue weighted by molar-refractivity contribution is 5.55. The van der Waals surface area contributed by atoms with E-state index in [0.717, 1.165) is 47.0 Å². The Labute approximate surface area is 172 Å². The van der Waals surface area contributed by atoms with Crippen LogP contribution in [-0.2, 0) is 13.0 Å². The molecule has 0 spiro atoms. The molecule has 3 aliphatic rings. The normalized spacial score (nSPS) is 26.4. The maximum atomic E-state index is 5.77. The van der Waals surface area contributed by atoms with Gasteiger partial charge in [0.25, 0.3) is 0 Å². The number of ether oxygens (including phenoxy) is 4. The van der Waals surface area contributed by atoms with Crippen LogP contribution in [0.5, 0.6) is 23.0 Å². The van der Waals surface area contributed by atoms with Crippen molar-refractivity contribution in [2.75, 3.05) is 34.6 Å². The molecule has 5 rings (SSSR count). The number of fused-ring (bicyclic) bond motifs is 5. The molecule has 0 aliphatic carbocycles. The van der Waals surface area contributed by atoms with Crippen molar-refractivity contribution in [3.8, 4) is 23.0 Å². The average molecular weight is 404 g/mol. The number of hydrogen-bond donors (Lipinski definition) is 0. The lowest BCUT2D eigenvalue weighted by atomic mass is 9.75. The maximum absolute atomic E-state index is 5.77. The number of quaternary nitrogens is 1. The fourth-order valence-electron chi connectivity index (χ4n) is 5.46. The van der Waals surface area contributed by atoms with Gasteiger partial charge in [0.15, 0.2) is 23.0 Å². The molecule has 0 N–H and O–H groups in total. The maximum Gasteiger partial charge on any atom is 0.231 e. The van der Waals surface area contributed by atoms with Crippen LogP contribution in [-0.4, -0.2) is 39.1 Å². The number of nitrogens with zero attached hydrogens (tertiary/aromatic N) is 1. The predicted molar refractivity (Wildman–Crippen MR) is 102 cm³/mol. The molecule has 0 saturated heterocycles. The molecule has 28 heavy (non-hydrogen) atoms. The fourth-order valence-corrected chi connectivity index (χ4v) is 5.46.